The van der Waals surface area contributed by atoms with Crippen molar-refractivity contribution < 1.29 is 13.9 Å². The summed E-state index contributed by atoms with van der Waals surface area (Å²) >= 11 is 0. The van der Waals surface area contributed by atoms with Gasteiger partial charge in [-0.05, 0) is 51.2 Å². The molecular formula is C17H25FN2O2. The summed E-state index contributed by atoms with van der Waals surface area (Å²) in [4.78, 5) is 13.5. The van der Waals surface area contributed by atoms with Crippen LogP contribution in [0.4, 0.5) is 14.9 Å². The summed E-state index contributed by atoms with van der Waals surface area (Å²) in [6, 6.07) is 7.55. The van der Waals surface area contributed by atoms with Crippen LogP contribution in [-0.2, 0) is 11.2 Å². The molecular weight excluding hydrogens is 283 g/mol. The summed E-state index contributed by atoms with van der Waals surface area (Å²) < 4.78 is 19.7. The number of benzene rings is 1. The van der Waals surface area contributed by atoms with Crippen LogP contribution in [0.25, 0.3) is 0 Å². The molecule has 1 aliphatic heterocycles. The van der Waals surface area contributed by atoms with Gasteiger partial charge in [0.05, 0.1) is 6.54 Å². The first-order valence-corrected chi connectivity index (χ1v) is 7.71. The van der Waals surface area contributed by atoms with Crippen LogP contribution in [0.5, 0.6) is 0 Å². The normalized spacial score (nSPS) is 22.5. The average Bonchev–Trinajstić information content (AvgIpc) is 2.41. The highest BCUT2D eigenvalue weighted by molar-refractivity contribution is 5.68. The lowest BCUT2D eigenvalue weighted by atomic mass is 9.88. The fourth-order valence-electron chi connectivity index (χ4n) is 2.68. The number of likely N-dealkylation sites (tertiary alicyclic amines) is 1. The Bertz CT molecular complexity index is 528. The molecule has 2 unspecified atom stereocenters. The first kappa shape index (κ1) is 16.6. The molecule has 1 saturated heterocycles. The van der Waals surface area contributed by atoms with E-state index in [2.05, 4.69) is 0 Å². The van der Waals surface area contributed by atoms with Gasteiger partial charge in [-0.2, -0.15) is 0 Å². The predicted molar refractivity (Wildman–Crippen MR) is 85.4 cm³/mol. The van der Waals surface area contributed by atoms with Crippen molar-refractivity contribution in [1.82, 2.24) is 4.90 Å². The molecule has 1 aromatic rings. The van der Waals surface area contributed by atoms with Gasteiger partial charge >= 0.3 is 6.09 Å². The smallest absolute Gasteiger partial charge is 0.410 e. The second kappa shape index (κ2) is 6.55. The molecule has 2 N–H and O–H groups in total. The Kier molecular flexibility index (Phi) is 4.94. The number of hydrogen-bond acceptors (Lipinski definition) is 3. The highest BCUT2D eigenvalue weighted by atomic mass is 19.1. The Balaban J connectivity index is 1.93. The van der Waals surface area contributed by atoms with Crippen molar-refractivity contribution in [3.63, 3.8) is 0 Å². The van der Waals surface area contributed by atoms with Gasteiger partial charge < -0.3 is 15.4 Å². The average molecular weight is 308 g/mol. The third kappa shape index (κ3) is 4.36. The molecule has 2 atom stereocenters. The van der Waals surface area contributed by atoms with Crippen LogP contribution in [0.2, 0.25) is 0 Å². The van der Waals surface area contributed by atoms with E-state index in [1.807, 2.05) is 45.0 Å². The number of amides is 1. The van der Waals surface area contributed by atoms with Gasteiger partial charge in [-0.25, -0.2) is 9.18 Å². The first-order chi connectivity index (χ1) is 10.3. The monoisotopic (exact) mass is 308 g/mol. The van der Waals surface area contributed by atoms with Crippen molar-refractivity contribution in [2.75, 3.05) is 18.8 Å². The van der Waals surface area contributed by atoms with Crippen LogP contribution < -0.4 is 5.73 Å². The number of halogens is 1. The molecule has 0 aromatic heterocycles. The number of hydrogen-bond donors (Lipinski definition) is 1. The van der Waals surface area contributed by atoms with Gasteiger partial charge in [0.2, 0.25) is 0 Å². The van der Waals surface area contributed by atoms with Gasteiger partial charge in [0.15, 0.2) is 0 Å². The van der Waals surface area contributed by atoms with Gasteiger partial charge in [-0.1, -0.05) is 18.2 Å². The van der Waals surface area contributed by atoms with Gasteiger partial charge in [-0.15, -0.1) is 0 Å². The minimum atomic E-state index is -1.05. The van der Waals surface area contributed by atoms with Crippen molar-refractivity contribution in [3.8, 4) is 0 Å². The molecule has 0 saturated carbocycles. The van der Waals surface area contributed by atoms with Crippen LogP contribution in [0.15, 0.2) is 24.3 Å². The number of alkyl halides is 1. The third-order valence-corrected chi connectivity index (χ3v) is 3.87. The molecule has 0 spiro atoms. The Morgan fingerprint density at radius 1 is 1.41 bits per heavy atom. The molecule has 122 valence electrons. The number of nitrogen functional groups attached to an aromatic ring is 1. The van der Waals surface area contributed by atoms with E-state index < -0.39 is 17.9 Å². The van der Waals surface area contributed by atoms with Crippen molar-refractivity contribution in [2.24, 2.45) is 5.92 Å². The van der Waals surface area contributed by atoms with E-state index in [-0.39, 0.29) is 12.5 Å². The summed E-state index contributed by atoms with van der Waals surface area (Å²) in [5.74, 6) is -0.108. The maximum atomic E-state index is 14.4. The van der Waals surface area contributed by atoms with E-state index in [4.69, 9.17) is 10.5 Å². The quantitative estimate of drug-likeness (QED) is 0.852. The molecule has 0 bridgehead atoms. The maximum Gasteiger partial charge on any atom is 0.410 e. The molecule has 4 nitrogen and oxygen atoms in total. The van der Waals surface area contributed by atoms with Crippen molar-refractivity contribution in [3.05, 3.63) is 29.8 Å². The summed E-state index contributed by atoms with van der Waals surface area (Å²) in [5, 5.41) is 0. The minimum Gasteiger partial charge on any atom is -0.444 e. The van der Waals surface area contributed by atoms with Crippen molar-refractivity contribution in [1.29, 1.82) is 0 Å². The highest BCUT2D eigenvalue weighted by Gasteiger charge is 2.33. The number of nitrogens with zero attached hydrogens (tertiary/aromatic N) is 1. The number of anilines is 1. The fourth-order valence-corrected chi connectivity index (χ4v) is 2.68. The van der Waals surface area contributed by atoms with Crippen LogP contribution >= 0.6 is 0 Å². The third-order valence-electron chi connectivity index (χ3n) is 3.87. The Hall–Kier alpha value is -1.78. The number of ether oxygens (including phenoxy) is 1. The largest absolute Gasteiger partial charge is 0.444 e. The van der Waals surface area contributed by atoms with Crippen molar-refractivity contribution >= 4 is 11.8 Å². The summed E-state index contributed by atoms with van der Waals surface area (Å²) in [5.41, 5.74) is 7.04. The fraction of sp³-hybridized carbons (Fsp3) is 0.588. The molecule has 1 aliphatic rings. The van der Waals surface area contributed by atoms with Gasteiger partial charge in [0.25, 0.3) is 0 Å². The van der Waals surface area contributed by atoms with E-state index in [1.54, 1.807) is 0 Å². The summed E-state index contributed by atoms with van der Waals surface area (Å²) in [7, 11) is 0. The van der Waals surface area contributed by atoms with Gasteiger partial charge in [-0.3, -0.25) is 0 Å². The zero-order valence-electron chi connectivity index (χ0n) is 13.5. The second-order valence-electron chi connectivity index (χ2n) is 6.89. The molecule has 1 amide bonds. The molecule has 5 heteroatoms. The minimum absolute atomic E-state index is 0.0896. The van der Waals surface area contributed by atoms with Crippen LogP contribution in [0.3, 0.4) is 0 Å². The van der Waals surface area contributed by atoms with Gasteiger partial charge in [0, 0.05) is 12.2 Å². The van der Waals surface area contributed by atoms with Crippen molar-refractivity contribution in [2.45, 2.75) is 45.4 Å². The first-order valence-electron chi connectivity index (χ1n) is 7.71. The highest BCUT2D eigenvalue weighted by Crippen LogP contribution is 2.27. The predicted octanol–water partition coefficient (Wildman–Crippen LogP) is 3.41. The molecule has 1 fully saturated rings. The van der Waals surface area contributed by atoms with E-state index in [1.165, 1.54) is 4.90 Å². The van der Waals surface area contributed by atoms with Crippen LogP contribution in [-0.4, -0.2) is 35.9 Å². The standard InChI is InChI=1S/C17H25FN2O2/c1-17(2,3)22-16(21)20-9-8-12(14(18)11-20)10-13-6-4-5-7-15(13)19/h4-7,12,14H,8-11,19H2,1-3H3. The Labute approximate surface area is 131 Å². The second-order valence-corrected chi connectivity index (χ2v) is 6.89. The lowest BCUT2D eigenvalue weighted by molar-refractivity contribution is 0.00553. The Morgan fingerprint density at radius 2 is 2.09 bits per heavy atom. The zero-order chi connectivity index (χ0) is 16.3. The number of nitrogens with two attached hydrogens (primary N) is 1. The van der Waals surface area contributed by atoms with Crippen LogP contribution in [0.1, 0.15) is 32.8 Å². The molecule has 1 aromatic carbocycles. The summed E-state index contributed by atoms with van der Waals surface area (Å²) in [6.07, 6.45) is -0.265. The van der Waals surface area contributed by atoms with E-state index in [9.17, 15) is 9.18 Å². The maximum absolute atomic E-state index is 14.4. The number of para-hydroxylation sites is 1. The van der Waals surface area contributed by atoms with E-state index in [0.717, 1.165) is 5.56 Å². The number of carbonyl (C=O) groups excluding carboxylic acids is 1. The molecule has 0 aliphatic carbocycles. The number of piperidine rings is 1. The number of rotatable bonds is 2. The molecule has 1 heterocycles. The lowest BCUT2D eigenvalue weighted by Crippen LogP contribution is -2.47. The molecule has 22 heavy (non-hydrogen) atoms. The molecule has 2 rings (SSSR count). The zero-order valence-corrected chi connectivity index (χ0v) is 13.5. The topological polar surface area (TPSA) is 55.6 Å². The van der Waals surface area contributed by atoms with Gasteiger partial charge in [0.1, 0.15) is 11.8 Å². The van der Waals surface area contributed by atoms with Crippen LogP contribution in [0, 0.1) is 5.92 Å². The Morgan fingerprint density at radius 3 is 2.68 bits per heavy atom. The van der Waals surface area contributed by atoms with E-state index in [0.29, 0.717) is 25.1 Å². The number of carbonyl (C=O) groups is 1. The SMILES string of the molecule is CC(C)(C)OC(=O)N1CCC(Cc2ccccc2N)C(F)C1. The van der Waals surface area contributed by atoms with E-state index >= 15 is 0 Å². The lowest BCUT2D eigenvalue weighted by Gasteiger charge is -2.35. The summed E-state index contributed by atoms with van der Waals surface area (Å²) in [6.45, 7) is 6.04. The molecule has 0 radical (unpaired) electrons.